The molecule has 1 aromatic heterocycles. The van der Waals surface area contributed by atoms with Crippen molar-refractivity contribution in [2.24, 2.45) is 0 Å². The van der Waals surface area contributed by atoms with Crippen LogP contribution in [0.15, 0.2) is 18.2 Å². The molecule has 6 nitrogen and oxygen atoms in total. The lowest BCUT2D eigenvalue weighted by atomic mass is 10.1. The molecule has 1 aromatic carbocycles. The number of quaternary nitrogens is 1. The van der Waals surface area contributed by atoms with Crippen LogP contribution in [0, 0.1) is 25.2 Å². The molecule has 1 atom stereocenters. The second-order valence-corrected chi connectivity index (χ2v) is 8.43. The van der Waals surface area contributed by atoms with Gasteiger partial charge in [0.1, 0.15) is 11.1 Å². The third-order valence-electron chi connectivity index (χ3n) is 5.09. The molecule has 0 saturated carbocycles. The lowest BCUT2D eigenvalue weighted by Crippen LogP contribution is -3.11. The van der Waals surface area contributed by atoms with Crippen molar-refractivity contribution in [1.29, 1.82) is 5.26 Å². The summed E-state index contributed by atoms with van der Waals surface area (Å²) in [6.07, 6.45) is 2.97. The van der Waals surface area contributed by atoms with Crippen LogP contribution in [0.3, 0.4) is 0 Å². The molecule has 2 amide bonds. The van der Waals surface area contributed by atoms with E-state index in [4.69, 9.17) is 0 Å². The van der Waals surface area contributed by atoms with Crippen LogP contribution >= 0.6 is 11.3 Å². The fourth-order valence-corrected chi connectivity index (χ4v) is 4.73. The summed E-state index contributed by atoms with van der Waals surface area (Å²) < 4.78 is 0. The number of rotatable bonds is 6. The Balaban J connectivity index is 1.54. The molecular weight excluding hydrogens is 372 g/mol. The molecule has 0 fully saturated rings. The Morgan fingerprint density at radius 1 is 1.18 bits per heavy atom. The van der Waals surface area contributed by atoms with Gasteiger partial charge in [0, 0.05) is 10.6 Å². The predicted molar refractivity (Wildman–Crippen MR) is 111 cm³/mol. The van der Waals surface area contributed by atoms with Crippen molar-refractivity contribution in [3.05, 3.63) is 45.3 Å². The fourth-order valence-electron chi connectivity index (χ4n) is 3.47. The second kappa shape index (κ2) is 8.55. The topological polar surface area (TPSA) is 86.4 Å². The van der Waals surface area contributed by atoms with Crippen LogP contribution in [-0.4, -0.2) is 32.0 Å². The van der Waals surface area contributed by atoms with Crippen molar-refractivity contribution >= 4 is 33.8 Å². The number of likely N-dealkylation sites (N-methyl/N-ethyl adjacent to an activating group) is 1. The largest absolute Gasteiger partial charge is 0.322 e. The quantitative estimate of drug-likeness (QED) is 0.695. The maximum atomic E-state index is 12.4. The average molecular weight is 398 g/mol. The zero-order chi connectivity index (χ0) is 20.3. The summed E-state index contributed by atoms with van der Waals surface area (Å²) in [6.45, 7) is 4.32. The van der Waals surface area contributed by atoms with Crippen molar-refractivity contribution in [1.82, 2.24) is 0 Å². The maximum absolute atomic E-state index is 12.4. The molecule has 7 heteroatoms. The van der Waals surface area contributed by atoms with Crippen molar-refractivity contribution in [2.45, 2.75) is 33.1 Å². The molecule has 3 N–H and O–H groups in total. The van der Waals surface area contributed by atoms with Crippen LogP contribution < -0.4 is 15.5 Å². The summed E-state index contributed by atoms with van der Waals surface area (Å²) in [5.41, 5.74) is 4.66. The van der Waals surface area contributed by atoms with Gasteiger partial charge in [0.2, 0.25) is 0 Å². The molecule has 0 aliphatic heterocycles. The molecule has 0 saturated heterocycles. The molecule has 28 heavy (non-hydrogen) atoms. The van der Waals surface area contributed by atoms with E-state index < -0.39 is 0 Å². The molecule has 0 spiro atoms. The van der Waals surface area contributed by atoms with Gasteiger partial charge in [-0.05, 0) is 55.9 Å². The summed E-state index contributed by atoms with van der Waals surface area (Å²) in [5.74, 6) is -0.319. The number of aryl methyl sites for hydroxylation is 2. The highest BCUT2D eigenvalue weighted by Gasteiger charge is 2.24. The van der Waals surface area contributed by atoms with Gasteiger partial charge in [-0.1, -0.05) is 12.1 Å². The Bertz CT molecular complexity index is 958. The van der Waals surface area contributed by atoms with Gasteiger partial charge >= 0.3 is 0 Å². The third kappa shape index (κ3) is 4.41. The van der Waals surface area contributed by atoms with E-state index in [-0.39, 0.29) is 24.9 Å². The Hall–Kier alpha value is -2.69. The van der Waals surface area contributed by atoms with Crippen LogP contribution in [0.4, 0.5) is 10.7 Å². The standard InChI is InChI=1S/C21H24N4O2S/c1-13-6-4-8-17(14(13)2)23-19(26)11-25(3)12-20(27)24-21-16(10-22)15-7-5-9-18(15)28-21/h4,6,8H,5,7,9,11-12H2,1-3H3,(H,23,26)(H,24,27)/p+1. The number of hydrogen-bond acceptors (Lipinski definition) is 4. The number of carbonyl (C=O) groups excluding carboxylic acids is 2. The van der Waals surface area contributed by atoms with Crippen molar-refractivity contribution in [3.8, 4) is 6.07 Å². The van der Waals surface area contributed by atoms with Gasteiger partial charge < -0.3 is 15.5 Å². The number of hydrogen-bond donors (Lipinski definition) is 3. The van der Waals surface area contributed by atoms with Gasteiger partial charge in [0.05, 0.1) is 12.6 Å². The van der Waals surface area contributed by atoms with Crippen LogP contribution in [0.5, 0.6) is 0 Å². The number of fused-ring (bicyclic) bond motifs is 1. The van der Waals surface area contributed by atoms with E-state index in [1.807, 2.05) is 39.1 Å². The summed E-state index contributed by atoms with van der Waals surface area (Å²) >= 11 is 1.50. The van der Waals surface area contributed by atoms with Gasteiger partial charge in [-0.25, -0.2) is 0 Å². The number of thiophene rings is 1. The summed E-state index contributed by atoms with van der Waals surface area (Å²) in [5, 5.41) is 15.8. The molecule has 146 valence electrons. The van der Waals surface area contributed by atoms with Crippen LogP contribution in [-0.2, 0) is 22.4 Å². The smallest absolute Gasteiger partial charge is 0.280 e. The van der Waals surface area contributed by atoms with Crippen LogP contribution in [0.2, 0.25) is 0 Å². The summed E-state index contributed by atoms with van der Waals surface area (Å²) in [4.78, 5) is 26.7. The molecule has 1 heterocycles. The molecule has 0 radical (unpaired) electrons. The van der Waals surface area contributed by atoms with Crippen LogP contribution in [0.25, 0.3) is 0 Å². The third-order valence-corrected chi connectivity index (χ3v) is 6.30. The number of carbonyl (C=O) groups is 2. The minimum atomic E-state index is -0.187. The highest BCUT2D eigenvalue weighted by Crippen LogP contribution is 2.38. The van der Waals surface area contributed by atoms with E-state index in [1.54, 1.807) is 0 Å². The molecule has 1 aliphatic carbocycles. The van der Waals surface area contributed by atoms with E-state index in [9.17, 15) is 14.9 Å². The van der Waals surface area contributed by atoms with E-state index >= 15 is 0 Å². The normalized spacial score (nSPS) is 13.5. The van der Waals surface area contributed by atoms with Gasteiger partial charge in [-0.3, -0.25) is 9.59 Å². The first-order chi connectivity index (χ1) is 13.4. The van der Waals surface area contributed by atoms with E-state index in [0.717, 1.165) is 46.5 Å². The highest BCUT2D eigenvalue weighted by atomic mass is 32.1. The van der Waals surface area contributed by atoms with Crippen molar-refractivity contribution < 1.29 is 14.5 Å². The van der Waals surface area contributed by atoms with Gasteiger partial charge in [0.25, 0.3) is 11.8 Å². The number of nitrogens with zero attached hydrogens (tertiary/aromatic N) is 1. The Kier molecular flexibility index (Phi) is 6.12. The molecule has 1 unspecified atom stereocenters. The number of nitriles is 1. The highest BCUT2D eigenvalue weighted by molar-refractivity contribution is 7.16. The number of nitrogens with one attached hydrogen (secondary N) is 3. The number of amides is 2. The van der Waals surface area contributed by atoms with E-state index in [1.165, 1.54) is 16.2 Å². The lowest BCUT2D eigenvalue weighted by Gasteiger charge is -2.15. The Morgan fingerprint density at radius 2 is 1.89 bits per heavy atom. The van der Waals surface area contributed by atoms with Crippen molar-refractivity contribution in [2.75, 3.05) is 30.8 Å². The minimum Gasteiger partial charge on any atom is -0.322 e. The molecule has 3 rings (SSSR count). The SMILES string of the molecule is Cc1cccc(NC(=O)C[NH+](C)CC(=O)Nc2sc3c(c2C#N)CCC3)c1C. The summed E-state index contributed by atoms with van der Waals surface area (Å²) in [7, 11) is 1.81. The second-order valence-electron chi connectivity index (χ2n) is 7.33. The summed E-state index contributed by atoms with van der Waals surface area (Å²) in [6, 6.07) is 8.02. The number of anilines is 2. The molecule has 0 bridgehead atoms. The van der Waals surface area contributed by atoms with Gasteiger partial charge in [0.15, 0.2) is 13.1 Å². The first-order valence-corrected chi connectivity index (χ1v) is 10.2. The van der Waals surface area contributed by atoms with Gasteiger partial charge in [-0.15, -0.1) is 11.3 Å². The zero-order valence-electron chi connectivity index (χ0n) is 16.4. The number of benzene rings is 1. The first-order valence-electron chi connectivity index (χ1n) is 9.41. The van der Waals surface area contributed by atoms with Crippen LogP contribution in [0.1, 0.15) is 33.6 Å². The van der Waals surface area contributed by atoms with E-state index in [2.05, 4.69) is 16.7 Å². The monoisotopic (exact) mass is 397 g/mol. The molecular formula is C21H25N4O2S+. The fraction of sp³-hybridized carbons (Fsp3) is 0.381. The molecule has 2 aromatic rings. The van der Waals surface area contributed by atoms with E-state index in [0.29, 0.717) is 10.6 Å². The lowest BCUT2D eigenvalue weighted by molar-refractivity contribution is -0.862. The first kappa shape index (κ1) is 20.1. The van der Waals surface area contributed by atoms with Gasteiger partial charge in [-0.2, -0.15) is 5.26 Å². The average Bonchev–Trinajstić information content (AvgIpc) is 3.19. The van der Waals surface area contributed by atoms with Crippen molar-refractivity contribution in [3.63, 3.8) is 0 Å². The zero-order valence-corrected chi connectivity index (χ0v) is 17.3. The Morgan fingerprint density at radius 3 is 2.61 bits per heavy atom. The maximum Gasteiger partial charge on any atom is 0.280 e. The minimum absolute atomic E-state index is 0.133. The predicted octanol–water partition coefficient (Wildman–Crippen LogP) is 1.82. The Labute approximate surface area is 169 Å². The molecule has 1 aliphatic rings.